The molecule has 0 saturated heterocycles. The number of benzene rings is 6. The molecule has 0 bridgehead atoms. The monoisotopic (exact) mass is 812 g/mol. The van der Waals surface area contributed by atoms with Crippen LogP contribution >= 0.6 is 15.8 Å². The topological polar surface area (TPSA) is 25.8 Å². The van der Waals surface area contributed by atoms with Crippen molar-refractivity contribution in [3.63, 3.8) is 0 Å². The average molecular weight is 813 g/mol. The van der Waals surface area contributed by atoms with E-state index in [4.69, 9.17) is 0 Å². The van der Waals surface area contributed by atoms with E-state index in [1.807, 2.05) is 60.9 Å². The summed E-state index contributed by atoms with van der Waals surface area (Å²) in [6, 6.07) is 72.6. The van der Waals surface area contributed by atoms with E-state index < -0.39 is 15.8 Å². The molecule has 0 spiro atoms. The Morgan fingerprint density at radius 2 is 0.566 bits per heavy atom. The first kappa shape index (κ1) is 37.6. The summed E-state index contributed by atoms with van der Waals surface area (Å²) >= 11 is 0. The number of pyridine rings is 2. The van der Waals surface area contributed by atoms with Crippen molar-refractivity contribution in [3.8, 4) is 33.6 Å². The van der Waals surface area contributed by atoms with Crippen LogP contribution in [-0.4, -0.2) is 9.97 Å². The molecule has 0 fully saturated rings. The van der Waals surface area contributed by atoms with E-state index in [2.05, 4.69) is 179 Å². The molecule has 5 heteroatoms. The predicted octanol–water partition coefficient (Wildman–Crippen LogP) is 10.7. The number of hydrogen-bond acceptors (Lipinski definition) is 2. The summed E-state index contributed by atoms with van der Waals surface area (Å²) in [6.45, 7) is 0. The van der Waals surface area contributed by atoms with Crippen molar-refractivity contribution in [2.24, 2.45) is 0 Å². The minimum Gasteiger partial charge on any atom is -0.255 e. The van der Waals surface area contributed by atoms with Crippen LogP contribution in [0, 0.1) is 0 Å². The van der Waals surface area contributed by atoms with Gasteiger partial charge in [-0.3, -0.25) is 9.97 Å². The molecule has 0 saturated carbocycles. The third-order valence-electron chi connectivity index (χ3n) is 8.75. The van der Waals surface area contributed by atoms with Gasteiger partial charge in [0.2, 0.25) is 0 Å². The molecule has 0 N–H and O–H groups in total. The Kier molecular flexibility index (Phi) is 13.9. The Balaban J connectivity index is 0.000000180. The summed E-state index contributed by atoms with van der Waals surface area (Å²) < 4.78 is 0. The van der Waals surface area contributed by atoms with Crippen molar-refractivity contribution in [2.45, 2.75) is 0 Å². The molecule has 0 aliphatic rings. The van der Waals surface area contributed by atoms with Crippen molar-refractivity contribution in [1.29, 1.82) is 0 Å². The smallest absolute Gasteiger partial charge is 0.102 e. The Hall–Kier alpha value is -5.12. The molecule has 2 nitrogen and oxygen atoms in total. The first-order chi connectivity index (χ1) is 25.8. The van der Waals surface area contributed by atoms with Crippen LogP contribution in [0.1, 0.15) is 0 Å². The molecule has 0 unspecified atom stereocenters. The van der Waals surface area contributed by atoms with Crippen LogP contribution in [0.2, 0.25) is 0 Å². The van der Waals surface area contributed by atoms with Crippen LogP contribution in [0.5, 0.6) is 0 Å². The fraction of sp³-hybridized carbons (Fsp3) is 0. The van der Waals surface area contributed by atoms with E-state index in [1.54, 1.807) is 0 Å². The van der Waals surface area contributed by atoms with Crippen molar-refractivity contribution >= 4 is 37.1 Å². The maximum atomic E-state index is 4.51. The van der Waals surface area contributed by atoms with Gasteiger partial charge in [0.1, 0.15) is 32.9 Å². The summed E-state index contributed by atoms with van der Waals surface area (Å²) in [6.07, 6.45) is 3.68. The Bertz CT molecular complexity index is 2040. The number of rotatable bonds is 9. The molecule has 0 aliphatic carbocycles. The van der Waals surface area contributed by atoms with Gasteiger partial charge in [-0.2, -0.15) is 0 Å². The molecule has 0 amide bonds. The number of hydrogen-bond donors (Lipinski definition) is 0. The third kappa shape index (κ3) is 10.3. The van der Waals surface area contributed by atoms with Gasteiger partial charge in [-0.15, -0.1) is 0 Å². The maximum Gasteiger partial charge on any atom is 0.102 e. The molecule has 0 atom stereocenters. The number of nitrogens with zero attached hydrogens (tertiary/aromatic N) is 2. The van der Waals surface area contributed by atoms with Gasteiger partial charge in [0.05, 0.1) is 27.2 Å². The van der Waals surface area contributed by atoms with Gasteiger partial charge < -0.3 is 0 Å². The molecule has 8 aromatic rings. The molecule has 2 aromatic heterocycles. The third-order valence-corrected chi connectivity index (χ3v) is 13.9. The fourth-order valence-corrected chi connectivity index (χ4v) is 11.1. The minimum atomic E-state index is -0.964. The van der Waals surface area contributed by atoms with E-state index >= 15 is 0 Å². The van der Waals surface area contributed by atoms with Crippen LogP contribution in [0.3, 0.4) is 0 Å². The maximum absolute atomic E-state index is 4.51. The summed E-state index contributed by atoms with van der Waals surface area (Å²) in [5.74, 6) is 5.01. The number of aromatic nitrogens is 2. The molecular formula is C48H40N2P2Pd+2. The molecule has 260 valence electrons. The second-order valence-corrected chi connectivity index (χ2v) is 16.8. The molecule has 8 rings (SSSR count). The normalized spacial score (nSPS) is 10.8. The van der Waals surface area contributed by atoms with E-state index in [0.29, 0.717) is 0 Å². The summed E-state index contributed by atoms with van der Waals surface area (Å²) in [5.41, 5.74) is 6.42. The van der Waals surface area contributed by atoms with Gasteiger partial charge >= 0.3 is 0 Å². The van der Waals surface area contributed by atoms with Crippen molar-refractivity contribution in [3.05, 3.63) is 230 Å². The van der Waals surface area contributed by atoms with Crippen LogP contribution in [0.4, 0.5) is 0 Å². The largest absolute Gasteiger partial charge is 0.255 e. The Labute approximate surface area is 329 Å². The average Bonchev–Trinajstić information content (AvgIpc) is 3.25. The molecule has 6 aromatic carbocycles. The first-order valence-corrected chi connectivity index (χ1v) is 20.6. The molecule has 0 radical (unpaired) electrons. The van der Waals surface area contributed by atoms with Gasteiger partial charge in [0.25, 0.3) is 0 Å². The van der Waals surface area contributed by atoms with Gasteiger partial charge in [-0.25, -0.2) is 0 Å². The molecule has 53 heavy (non-hydrogen) atoms. The zero-order valence-corrected chi connectivity index (χ0v) is 32.7. The quantitative estimate of drug-likeness (QED) is 0.107. The van der Waals surface area contributed by atoms with Crippen LogP contribution in [0.15, 0.2) is 230 Å². The summed E-state index contributed by atoms with van der Waals surface area (Å²) in [5, 5.41) is 5.71. The molecular weight excluding hydrogens is 773 g/mol. The zero-order chi connectivity index (χ0) is 35.2. The standard InChI is InChI=1S/C26H22P2.C22H16N2.Pd/c1-5-13-23(14-6-1)27(24-15-7-2-8-16-24)21-22-28(25-17-9-3-10-18-25)26-19-11-4-12-20-26;1-3-7-17(8-4-1)19-11-13-23-21(15-19)22-16-20(12-14-24-22)18-9-5-2-6-10-18;/h1-22H;1-16H;/p+2/b22-21-;;. The van der Waals surface area contributed by atoms with Gasteiger partial charge in [0.15, 0.2) is 0 Å². The van der Waals surface area contributed by atoms with Crippen LogP contribution in [0.25, 0.3) is 33.6 Å². The molecule has 0 aliphatic heterocycles. The first-order valence-electron chi connectivity index (χ1n) is 17.5. The summed E-state index contributed by atoms with van der Waals surface area (Å²) in [4.78, 5) is 9.01. The van der Waals surface area contributed by atoms with E-state index in [9.17, 15) is 0 Å². The predicted molar refractivity (Wildman–Crippen MR) is 228 cm³/mol. The SMILES string of the molecule is C(=C/[PH+](c1ccccc1)c1ccccc1)/[PH+](c1ccccc1)c1ccccc1.[Pd].c1ccc(-c2ccnc(-c3cc(-c4ccccc4)ccn3)c2)cc1. The second kappa shape index (κ2) is 19.6. The van der Waals surface area contributed by atoms with Crippen LogP contribution < -0.4 is 21.2 Å². The second-order valence-electron chi connectivity index (χ2n) is 12.2. The zero-order valence-electron chi connectivity index (χ0n) is 29.1. The molecule has 2 heterocycles. The van der Waals surface area contributed by atoms with Crippen molar-refractivity contribution in [1.82, 2.24) is 9.97 Å². The van der Waals surface area contributed by atoms with E-state index in [0.717, 1.165) is 22.5 Å². The Morgan fingerprint density at radius 1 is 0.302 bits per heavy atom. The van der Waals surface area contributed by atoms with Gasteiger partial charge in [-0.05, 0) is 95.1 Å². The van der Waals surface area contributed by atoms with Gasteiger partial charge in [0, 0.05) is 32.8 Å². The minimum absolute atomic E-state index is 0. The fourth-order valence-electron chi connectivity index (χ4n) is 6.12. The Morgan fingerprint density at radius 3 is 0.849 bits per heavy atom. The van der Waals surface area contributed by atoms with E-state index in [1.165, 1.54) is 32.3 Å². The van der Waals surface area contributed by atoms with Crippen molar-refractivity contribution in [2.75, 3.05) is 0 Å². The van der Waals surface area contributed by atoms with E-state index in [-0.39, 0.29) is 20.4 Å². The van der Waals surface area contributed by atoms with Crippen LogP contribution in [-0.2, 0) is 20.4 Å². The van der Waals surface area contributed by atoms with Gasteiger partial charge in [-0.1, -0.05) is 133 Å². The summed E-state index contributed by atoms with van der Waals surface area (Å²) in [7, 11) is -1.93. The van der Waals surface area contributed by atoms with Crippen molar-refractivity contribution < 1.29 is 20.4 Å².